The molecule has 0 radical (unpaired) electrons. The number of nitrogens with one attached hydrogen (secondary N) is 1. The van der Waals surface area contributed by atoms with E-state index in [0.717, 1.165) is 5.56 Å². The first-order valence-corrected chi connectivity index (χ1v) is 5.79. The van der Waals surface area contributed by atoms with Gasteiger partial charge in [-0.25, -0.2) is 4.98 Å². The minimum atomic E-state index is -0.829. The van der Waals surface area contributed by atoms with Crippen LogP contribution in [0.4, 0.5) is 4.39 Å². The standard InChI is InChI=1S/C14H13FN2O2/c15-13-11(7-4-8-16-13)14(19)17-12(9-18)10-5-2-1-3-6-10/h1-8,12,18H,9H2,(H,17,19). The molecule has 1 unspecified atom stereocenters. The number of halogens is 1. The van der Waals surface area contributed by atoms with Crippen LogP contribution < -0.4 is 5.32 Å². The van der Waals surface area contributed by atoms with E-state index in [9.17, 15) is 14.3 Å². The van der Waals surface area contributed by atoms with Gasteiger partial charge in [0.1, 0.15) is 0 Å². The summed E-state index contributed by atoms with van der Waals surface area (Å²) < 4.78 is 13.4. The Hall–Kier alpha value is -2.27. The number of amides is 1. The van der Waals surface area contributed by atoms with Crippen molar-refractivity contribution in [1.29, 1.82) is 0 Å². The summed E-state index contributed by atoms with van der Waals surface area (Å²) in [7, 11) is 0. The van der Waals surface area contributed by atoms with Gasteiger partial charge in [-0.1, -0.05) is 30.3 Å². The first kappa shape index (κ1) is 13.2. The van der Waals surface area contributed by atoms with E-state index in [1.807, 2.05) is 6.07 Å². The van der Waals surface area contributed by atoms with Gasteiger partial charge in [-0.05, 0) is 17.7 Å². The van der Waals surface area contributed by atoms with Crippen molar-refractivity contribution in [2.45, 2.75) is 6.04 Å². The lowest BCUT2D eigenvalue weighted by Crippen LogP contribution is -2.31. The molecule has 2 rings (SSSR count). The van der Waals surface area contributed by atoms with Crippen LogP contribution in [0.2, 0.25) is 0 Å². The Bertz CT molecular complexity index is 560. The van der Waals surface area contributed by atoms with Gasteiger partial charge in [0.25, 0.3) is 5.91 Å². The van der Waals surface area contributed by atoms with Crippen molar-refractivity contribution in [3.8, 4) is 0 Å². The van der Waals surface area contributed by atoms with Crippen LogP contribution in [-0.2, 0) is 0 Å². The third-order valence-electron chi connectivity index (χ3n) is 2.69. The predicted octanol–water partition coefficient (Wildman–Crippen LogP) is 1.68. The number of benzene rings is 1. The van der Waals surface area contributed by atoms with Gasteiger partial charge < -0.3 is 10.4 Å². The molecular formula is C14H13FN2O2. The van der Waals surface area contributed by atoms with Crippen molar-refractivity contribution >= 4 is 5.91 Å². The van der Waals surface area contributed by atoms with Crippen LogP contribution in [0.25, 0.3) is 0 Å². The Morgan fingerprint density at radius 1 is 1.26 bits per heavy atom. The van der Waals surface area contributed by atoms with E-state index in [1.165, 1.54) is 18.3 Å². The number of carbonyl (C=O) groups excluding carboxylic acids is 1. The Morgan fingerprint density at radius 3 is 2.63 bits per heavy atom. The van der Waals surface area contributed by atoms with E-state index in [1.54, 1.807) is 24.3 Å². The van der Waals surface area contributed by atoms with Crippen molar-refractivity contribution in [2.24, 2.45) is 0 Å². The first-order valence-electron chi connectivity index (χ1n) is 5.79. The summed E-state index contributed by atoms with van der Waals surface area (Å²) in [6.45, 7) is -0.266. The number of nitrogens with zero attached hydrogens (tertiary/aromatic N) is 1. The van der Waals surface area contributed by atoms with Crippen LogP contribution in [-0.4, -0.2) is 22.6 Å². The van der Waals surface area contributed by atoms with E-state index in [2.05, 4.69) is 10.3 Å². The quantitative estimate of drug-likeness (QED) is 0.822. The maximum absolute atomic E-state index is 13.4. The summed E-state index contributed by atoms with van der Waals surface area (Å²) in [6.07, 6.45) is 1.27. The molecule has 0 aliphatic rings. The van der Waals surface area contributed by atoms with Gasteiger partial charge in [-0.2, -0.15) is 4.39 Å². The highest BCUT2D eigenvalue weighted by atomic mass is 19.1. The summed E-state index contributed by atoms with van der Waals surface area (Å²) in [5.74, 6) is -1.43. The molecule has 2 N–H and O–H groups in total. The normalized spacial score (nSPS) is 11.9. The fourth-order valence-corrected chi connectivity index (χ4v) is 1.71. The fraction of sp³-hybridized carbons (Fsp3) is 0.143. The minimum Gasteiger partial charge on any atom is -0.394 e. The average molecular weight is 260 g/mol. The van der Waals surface area contributed by atoms with Gasteiger partial charge in [0.2, 0.25) is 5.95 Å². The van der Waals surface area contributed by atoms with Crippen LogP contribution in [0.3, 0.4) is 0 Å². The molecule has 4 nitrogen and oxygen atoms in total. The fourth-order valence-electron chi connectivity index (χ4n) is 1.71. The molecule has 0 aliphatic heterocycles. The van der Waals surface area contributed by atoms with Gasteiger partial charge in [0.15, 0.2) is 0 Å². The van der Waals surface area contributed by atoms with Gasteiger partial charge >= 0.3 is 0 Å². The van der Waals surface area contributed by atoms with E-state index < -0.39 is 17.9 Å². The summed E-state index contributed by atoms with van der Waals surface area (Å²) in [6, 6.07) is 11.2. The van der Waals surface area contributed by atoms with Crippen LogP contribution in [0.5, 0.6) is 0 Å². The van der Waals surface area contributed by atoms with Crippen molar-refractivity contribution in [1.82, 2.24) is 10.3 Å². The monoisotopic (exact) mass is 260 g/mol. The lowest BCUT2D eigenvalue weighted by Gasteiger charge is -2.16. The molecule has 1 aromatic carbocycles. The molecule has 0 aliphatic carbocycles. The highest BCUT2D eigenvalue weighted by Gasteiger charge is 2.17. The van der Waals surface area contributed by atoms with Crippen molar-refractivity contribution < 1.29 is 14.3 Å². The molecule has 0 saturated heterocycles. The average Bonchev–Trinajstić information content (AvgIpc) is 2.46. The largest absolute Gasteiger partial charge is 0.394 e. The van der Waals surface area contributed by atoms with E-state index in [4.69, 9.17) is 0 Å². The minimum absolute atomic E-state index is 0.142. The molecule has 1 amide bonds. The van der Waals surface area contributed by atoms with E-state index >= 15 is 0 Å². The molecule has 98 valence electrons. The Labute approximate surface area is 109 Å². The molecule has 2 aromatic rings. The molecule has 5 heteroatoms. The van der Waals surface area contributed by atoms with Gasteiger partial charge in [-0.3, -0.25) is 4.79 Å². The third-order valence-corrected chi connectivity index (χ3v) is 2.69. The topological polar surface area (TPSA) is 62.2 Å². The third kappa shape index (κ3) is 3.14. The Balaban J connectivity index is 2.16. The van der Waals surface area contributed by atoms with Crippen LogP contribution in [0.15, 0.2) is 48.7 Å². The smallest absolute Gasteiger partial charge is 0.256 e. The number of aromatic nitrogens is 1. The van der Waals surface area contributed by atoms with Crippen LogP contribution >= 0.6 is 0 Å². The van der Waals surface area contributed by atoms with Gasteiger partial charge in [0.05, 0.1) is 18.2 Å². The molecule has 1 atom stereocenters. The predicted molar refractivity (Wildman–Crippen MR) is 67.9 cm³/mol. The molecule has 1 heterocycles. The summed E-state index contributed by atoms with van der Waals surface area (Å²) in [5, 5.41) is 11.9. The highest BCUT2D eigenvalue weighted by molar-refractivity contribution is 5.94. The maximum Gasteiger partial charge on any atom is 0.256 e. The Morgan fingerprint density at radius 2 is 2.00 bits per heavy atom. The second-order valence-corrected chi connectivity index (χ2v) is 3.96. The van der Waals surface area contributed by atoms with E-state index in [-0.39, 0.29) is 12.2 Å². The van der Waals surface area contributed by atoms with Gasteiger partial charge in [0, 0.05) is 6.20 Å². The molecule has 0 spiro atoms. The zero-order valence-corrected chi connectivity index (χ0v) is 10.1. The molecular weight excluding hydrogens is 247 g/mol. The molecule has 1 aromatic heterocycles. The second kappa shape index (κ2) is 6.06. The maximum atomic E-state index is 13.4. The molecule has 0 saturated carbocycles. The molecule has 19 heavy (non-hydrogen) atoms. The molecule has 0 fully saturated rings. The number of aliphatic hydroxyl groups excluding tert-OH is 1. The molecule has 0 bridgehead atoms. The lowest BCUT2D eigenvalue weighted by molar-refractivity contribution is 0.0911. The number of carbonyl (C=O) groups is 1. The van der Waals surface area contributed by atoms with Crippen molar-refractivity contribution in [2.75, 3.05) is 6.61 Å². The van der Waals surface area contributed by atoms with Crippen molar-refractivity contribution in [3.63, 3.8) is 0 Å². The number of hydrogen-bond donors (Lipinski definition) is 2. The van der Waals surface area contributed by atoms with Crippen LogP contribution in [0.1, 0.15) is 22.0 Å². The lowest BCUT2D eigenvalue weighted by atomic mass is 10.1. The first-order chi connectivity index (χ1) is 9.22. The number of rotatable bonds is 4. The van der Waals surface area contributed by atoms with E-state index in [0.29, 0.717) is 0 Å². The Kier molecular flexibility index (Phi) is 4.20. The summed E-state index contributed by atoms with van der Waals surface area (Å²) >= 11 is 0. The van der Waals surface area contributed by atoms with Gasteiger partial charge in [-0.15, -0.1) is 0 Å². The zero-order chi connectivity index (χ0) is 13.7. The number of hydrogen-bond acceptors (Lipinski definition) is 3. The number of aliphatic hydroxyl groups is 1. The van der Waals surface area contributed by atoms with Crippen LogP contribution in [0, 0.1) is 5.95 Å². The summed E-state index contributed by atoms with van der Waals surface area (Å²) in [5.41, 5.74) is 0.611. The summed E-state index contributed by atoms with van der Waals surface area (Å²) in [4.78, 5) is 15.3. The zero-order valence-electron chi connectivity index (χ0n) is 10.1. The SMILES string of the molecule is O=C(NC(CO)c1ccccc1)c1cccnc1F. The second-order valence-electron chi connectivity index (χ2n) is 3.96. The highest BCUT2D eigenvalue weighted by Crippen LogP contribution is 2.13. The number of pyridine rings is 1. The van der Waals surface area contributed by atoms with Crippen molar-refractivity contribution in [3.05, 3.63) is 65.7 Å².